The summed E-state index contributed by atoms with van der Waals surface area (Å²) in [5.74, 6) is 0.342. The quantitative estimate of drug-likeness (QED) is 0.645. The molecule has 2 heterocycles. The van der Waals surface area contributed by atoms with Gasteiger partial charge in [0.1, 0.15) is 0 Å². The summed E-state index contributed by atoms with van der Waals surface area (Å²) in [6.07, 6.45) is 4.68. The average molecular weight is 195 g/mol. The molecule has 0 unspecified atom stereocenters. The molecule has 0 amide bonds. The molecule has 0 spiro atoms. The maximum atomic E-state index is 10.2. The zero-order chi connectivity index (χ0) is 10.1. The molecule has 0 radical (unpaired) electrons. The molecule has 14 heavy (non-hydrogen) atoms. The number of hydrogen-bond acceptors (Lipinski definition) is 2. The predicted octanol–water partition coefficient (Wildman–Crippen LogP) is 1.80. The van der Waals surface area contributed by atoms with E-state index in [9.17, 15) is 5.11 Å². The van der Waals surface area contributed by atoms with Crippen LogP contribution < -0.4 is 0 Å². The minimum Gasteiger partial charge on any atom is -0.391 e. The Labute approximate surface area is 86.6 Å². The van der Waals surface area contributed by atoms with E-state index < -0.39 is 0 Å². The van der Waals surface area contributed by atoms with Crippen LogP contribution in [0.25, 0.3) is 0 Å². The van der Waals surface area contributed by atoms with E-state index in [-0.39, 0.29) is 6.10 Å². The molecule has 2 rings (SSSR count). The summed E-state index contributed by atoms with van der Waals surface area (Å²) in [5.41, 5.74) is 1.16. The van der Waals surface area contributed by atoms with Crippen LogP contribution in [0.15, 0.2) is 12.2 Å². The van der Waals surface area contributed by atoms with E-state index in [0.29, 0.717) is 12.0 Å². The summed E-state index contributed by atoms with van der Waals surface area (Å²) in [6.45, 7) is 8.37. The molecule has 1 N–H and O–H groups in total. The summed E-state index contributed by atoms with van der Waals surface area (Å²) in [5, 5.41) is 10.2. The number of piperidine rings is 2. The fourth-order valence-electron chi connectivity index (χ4n) is 2.96. The monoisotopic (exact) mass is 195 g/mol. The molecule has 2 heteroatoms. The van der Waals surface area contributed by atoms with Gasteiger partial charge in [-0.3, -0.25) is 4.90 Å². The molecule has 0 aromatic heterocycles. The second kappa shape index (κ2) is 4.03. The maximum absolute atomic E-state index is 10.2. The Bertz CT molecular complexity index is 226. The maximum Gasteiger partial charge on any atom is 0.0760 e. The number of hydrogen-bond donors (Lipinski definition) is 1. The van der Waals surface area contributed by atoms with Crippen molar-refractivity contribution < 1.29 is 5.11 Å². The number of nitrogens with zero attached hydrogens (tertiary/aromatic N) is 1. The second-order valence-corrected chi connectivity index (χ2v) is 4.83. The van der Waals surface area contributed by atoms with Gasteiger partial charge in [0, 0.05) is 12.0 Å². The molecule has 0 aromatic rings. The Balaban J connectivity index is 2.06. The molecular formula is C12H21NO. The number of fused-ring (bicyclic) bond motifs is 1. The molecule has 3 atom stereocenters. The van der Waals surface area contributed by atoms with E-state index in [1.807, 2.05) is 6.92 Å². The Morgan fingerprint density at radius 3 is 2.79 bits per heavy atom. The highest BCUT2D eigenvalue weighted by Crippen LogP contribution is 2.32. The van der Waals surface area contributed by atoms with Crippen molar-refractivity contribution >= 4 is 0 Å². The zero-order valence-electron chi connectivity index (χ0n) is 9.08. The number of aliphatic hydroxyl groups excluding tert-OH is 1. The third-order valence-electron chi connectivity index (χ3n) is 3.83. The minimum atomic E-state index is -0.165. The van der Waals surface area contributed by atoms with Gasteiger partial charge in [-0.1, -0.05) is 18.6 Å². The first-order valence-corrected chi connectivity index (χ1v) is 5.77. The first-order valence-electron chi connectivity index (χ1n) is 5.77. The lowest BCUT2D eigenvalue weighted by Crippen LogP contribution is -2.54. The number of aliphatic hydroxyl groups is 1. The minimum absolute atomic E-state index is 0.165. The zero-order valence-corrected chi connectivity index (χ0v) is 9.08. The van der Waals surface area contributed by atoms with Crippen molar-refractivity contribution in [3.8, 4) is 0 Å². The highest BCUT2D eigenvalue weighted by molar-refractivity contribution is 5.05. The standard InChI is InChI=1S/C12H21NO/c1-9(2)10-6-8-13-7-4-3-5-11(13)12(10)14/h10-12,14H,1,3-8H2,2H3/t10-,11+,12-/m0/s1. The molecule has 2 nitrogen and oxygen atoms in total. The molecule has 0 bridgehead atoms. The van der Waals surface area contributed by atoms with E-state index >= 15 is 0 Å². The van der Waals surface area contributed by atoms with Crippen molar-refractivity contribution in [2.45, 2.75) is 44.8 Å². The highest BCUT2D eigenvalue weighted by atomic mass is 16.3. The van der Waals surface area contributed by atoms with Gasteiger partial charge >= 0.3 is 0 Å². The van der Waals surface area contributed by atoms with Gasteiger partial charge in [-0.25, -0.2) is 0 Å². The van der Waals surface area contributed by atoms with Gasteiger partial charge < -0.3 is 5.11 Å². The van der Waals surface area contributed by atoms with Crippen molar-refractivity contribution in [2.24, 2.45) is 5.92 Å². The van der Waals surface area contributed by atoms with Crippen LogP contribution in [0.5, 0.6) is 0 Å². The fraction of sp³-hybridized carbons (Fsp3) is 0.833. The highest BCUT2D eigenvalue weighted by Gasteiger charge is 2.37. The third-order valence-corrected chi connectivity index (χ3v) is 3.83. The van der Waals surface area contributed by atoms with Crippen molar-refractivity contribution in [3.63, 3.8) is 0 Å². The third kappa shape index (κ3) is 1.73. The van der Waals surface area contributed by atoms with Crippen molar-refractivity contribution in [3.05, 3.63) is 12.2 Å². The molecule has 0 aromatic carbocycles. The van der Waals surface area contributed by atoms with Gasteiger partial charge in [-0.15, -0.1) is 0 Å². The summed E-state index contributed by atoms with van der Waals surface area (Å²) in [7, 11) is 0. The van der Waals surface area contributed by atoms with E-state index in [0.717, 1.165) is 18.5 Å². The van der Waals surface area contributed by atoms with Gasteiger partial charge in [-0.05, 0) is 39.3 Å². The molecule has 80 valence electrons. The van der Waals surface area contributed by atoms with Crippen molar-refractivity contribution in [1.29, 1.82) is 0 Å². The second-order valence-electron chi connectivity index (χ2n) is 4.83. The molecule has 2 saturated heterocycles. The van der Waals surface area contributed by atoms with E-state index in [1.165, 1.54) is 25.8 Å². The number of rotatable bonds is 1. The molecule has 2 fully saturated rings. The van der Waals surface area contributed by atoms with Crippen LogP contribution in [0.2, 0.25) is 0 Å². The Hall–Kier alpha value is -0.340. The average Bonchev–Trinajstić information content (AvgIpc) is 2.18. The Morgan fingerprint density at radius 2 is 2.07 bits per heavy atom. The van der Waals surface area contributed by atoms with Crippen LogP contribution in [0, 0.1) is 5.92 Å². The van der Waals surface area contributed by atoms with E-state index in [4.69, 9.17) is 0 Å². The molecule has 0 saturated carbocycles. The van der Waals surface area contributed by atoms with Gasteiger partial charge in [0.25, 0.3) is 0 Å². The Kier molecular flexibility index (Phi) is 2.93. The normalized spacial score (nSPS) is 39.1. The summed E-state index contributed by atoms with van der Waals surface area (Å²) in [4.78, 5) is 2.47. The van der Waals surface area contributed by atoms with Gasteiger partial charge in [0.2, 0.25) is 0 Å². The van der Waals surface area contributed by atoms with Crippen LogP contribution in [0.4, 0.5) is 0 Å². The van der Waals surface area contributed by atoms with Gasteiger partial charge in [0.05, 0.1) is 6.10 Å². The van der Waals surface area contributed by atoms with E-state index in [1.54, 1.807) is 0 Å². The lowest BCUT2D eigenvalue weighted by molar-refractivity contribution is -0.0351. The van der Waals surface area contributed by atoms with E-state index in [2.05, 4.69) is 11.5 Å². The smallest absolute Gasteiger partial charge is 0.0760 e. The lowest BCUT2D eigenvalue weighted by atomic mass is 9.80. The lowest BCUT2D eigenvalue weighted by Gasteiger charge is -2.46. The van der Waals surface area contributed by atoms with Crippen LogP contribution >= 0.6 is 0 Å². The molecule has 2 aliphatic heterocycles. The van der Waals surface area contributed by atoms with Crippen LogP contribution in [0.3, 0.4) is 0 Å². The molecule has 2 aliphatic rings. The SMILES string of the molecule is C=C(C)[C@@H]1CCN2CCCC[C@@H]2[C@H]1O. The Morgan fingerprint density at radius 1 is 1.29 bits per heavy atom. The van der Waals surface area contributed by atoms with Gasteiger partial charge in [-0.2, -0.15) is 0 Å². The van der Waals surface area contributed by atoms with Crippen LogP contribution in [-0.2, 0) is 0 Å². The van der Waals surface area contributed by atoms with Crippen LogP contribution in [-0.4, -0.2) is 35.2 Å². The first kappa shape index (κ1) is 10.2. The van der Waals surface area contributed by atoms with Crippen LogP contribution in [0.1, 0.15) is 32.6 Å². The van der Waals surface area contributed by atoms with Crippen molar-refractivity contribution in [1.82, 2.24) is 4.90 Å². The molecular weight excluding hydrogens is 174 g/mol. The first-order chi connectivity index (χ1) is 6.70. The van der Waals surface area contributed by atoms with Crippen molar-refractivity contribution in [2.75, 3.05) is 13.1 Å². The van der Waals surface area contributed by atoms with Gasteiger partial charge in [0.15, 0.2) is 0 Å². The largest absolute Gasteiger partial charge is 0.391 e. The fourth-order valence-corrected chi connectivity index (χ4v) is 2.96. The summed E-state index contributed by atoms with van der Waals surface area (Å²) < 4.78 is 0. The predicted molar refractivity (Wildman–Crippen MR) is 58.1 cm³/mol. The summed E-state index contributed by atoms with van der Waals surface area (Å²) in [6, 6.07) is 0.416. The molecule has 0 aliphatic carbocycles. The summed E-state index contributed by atoms with van der Waals surface area (Å²) >= 11 is 0. The topological polar surface area (TPSA) is 23.5 Å².